The van der Waals surface area contributed by atoms with Gasteiger partial charge in [-0.05, 0) is 12.1 Å². The van der Waals surface area contributed by atoms with Crippen molar-refractivity contribution in [2.24, 2.45) is 0 Å². The molecule has 0 fully saturated rings. The lowest BCUT2D eigenvalue weighted by molar-refractivity contribution is 0.303. The maximum atomic E-state index is 5.90. The normalized spacial score (nSPS) is 11.0. The Balaban J connectivity index is 1.76. The van der Waals surface area contributed by atoms with Crippen molar-refractivity contribution in [2.45, 2.75) is 26.4 Å². The van der Waals surface area contributed by atoms with E-state index in [2.05, 4.69) is 29.0 Å². The molecule has 0 amide bonds. The minimum atomic E-state index is 0.398. The minimum absolute atomic E-state index is 0.398. The van der Waals surface area contributed by atoms with Crippen LogP contribution in [0.25, 0.3) is 5.69 Å². The van der Waals surface area contributed by atoms with E-state index in [4.69, 9.17) is 4.74 Å². The average Bonchev–Trinajstić information content (AvgIpc) is 3.17. The van der Waals surface area contributed by atoms with Crippen LogP contribution in [0.1, 0.15) is 29.8 Å². The number of benzene rings is 1. The molecule has 0 N–H and O–H groups in total. The molecular formula is C15H16N4OS. The van der Waals surface area contributed by atoms with E-state index in [0.29, 0.717) is 12.5 Å². The zero-order valence-electron chi connectivity index (χ0n) is 11.9. The molecule has 0 bridgehead atoms. The summed E-state index contributed by atoms with van der Waals surface area (Å²) in [6.45, 7) is 4.65. The predicted molar refractivity (Wildman–Crippen MR) is 81.9 cm³/mol. The highest BCUT2D eigenvalue weighted by molar-refractivity contribution is 7.11. The molecule has 2 aromatic heterocycles. The first kappa shape index (κ1) is 13.8. The fraction of sp³-hybridized carbons (Fsp3) is 0.267. The fourth-order valence-electron chi connectivity index (χ4n) is 1.89. The Morgan fingerprint density at radius 3 is 2.81 bits per heavy atom. The Bertz CT molecular complexity index is 706. The number of ether oxygens (including phenoxy) is 1. The maximum absolute atomic E-state index is 5.90. The van der Waals surface area contributed by atoms with Crippen molar-refractivity contribution in [3.8, 4) is 11.4 Å². The van der Waals surface area contributed by atoms with Gasteiger partial charge >= 0.3 is 0 Å². The van der Waals surface area contributed by atoms with Crippen LogP contribution in [-0.4, -0.2) is 19.7 Å². The molecule has 21 heavy (non-hydrogen) atoms. The molecule has 0 saturated carbocycles. The first-order chi connectivity index (χ1) is 10.2. The minimum Gasteiger partial charge on any atom is -0.484 e. The Hall–Kier alpha value is -2.21. The first-order valence-corrected chi connectivity index (χ1v) is 7.58. The van der Waals surface area contributed by atoms with Gasteiger partial charge in [0.1, 0.15) is 17.4 Å². The molecular weight excluding hydrogens is 284 g/mol. The highest BCUT2D eigenvalue weighted by Crippen LogP contribution is 2.25. The fourth-order valence-corrected chi connectivity index (χ4v) is 2.65. The lowest BCUT2D eigenvalue weighted by atomic mass is 10.2. The van der Waals surface area contributed by atoms with Gasteiger partial charge in [0, 0.05) is 18.3 Å². The monoisotopic (exact) mass is 300 g/mol. The highest BCUT2D eigenvalue weighted by Gasteiger charge is 2.10. The van der Waals surface area contributed by atoms with E-state index in [9.17, 15) is 0 Å². The molecule has 0 saturated heterocycles. The maximum Gasteiger partial charge on any atom is 0.155 e. The lowest BCUT2D eigenvalue weighted by Gasteiger charge is -2.10. The second kappa shape index (κ2) is 6.05. The van der Waals surface area contributed by atoms with Gasteiger partial charge in [0.25, 0.3) is 0 Å². The molecule has 2 heterocycles. The highest BCUT2D eigenvalue weighted by atomic mass is 32.1. The van der Waals surface area contributed by atoms with Gasteiger partial charge in [-0.15, -0.1) is 10.2 Å². The summed E-state index contributed by atoms with van der Waals surface area (Å²) in [6.07, 6.45) is 5.39. The largest absolute Gasteiger partial charge is 0.484 e. The van der Waals surface area contributed by atoms with E-state index in [1.165, 1.54) is 0 Å². The van der Waals surface area contributed by atoms with Crippen LogP contribution < -0.4 is 4.74 Å². The molecule has 0 aliphatic rings. The summed E-state index contributed by atoms with van der Waals surface area (Å²) >= 11 is 1.60. The van der Waals surface area contributed by atoms with Crippen molar-refractivity contribution in [1.82, 2.24) is 19.7 Å². The predicted octanol–water partition coefficient (Wildman–Crippen LogP) is 3.43. The quantitative estimate of drug-likeness (QED) is 0.724. The summed E-state index contributed by atoms with van der Waals surface area (Å²) in [5.41, 5.74) is 0.962. The third-order valence-electron chi connectivity index (χ3n) is 2.98. The van der Waals surface area contributed by atoms with Crippen LogP contribution in [0.3, 0.4) is 0 Å². The molecule has 108 valence electrons. The van der Waals surface area contributed by atoms with Gasteiger partial charge in [-0.2, -0.15) is 0 Å². The Labute approximate surface area is 127 Å². The summed E-state index contributed by atoms with van der Waals surface area (Å²) in [5.74, 6) is 1.20. The molecule has 0 aliphatic heterocycles. The second-order valence-electron chi connectivity index (χ2n) is 4.92. The molecule has 0 unspecified atom stereocenters. The van der Waals surface area contributed by atoms with Gasteiger partial charge in [0.15, 0.2) is 5.01 Å². The van der Waals surface area contributed by atoms with Crippen molar-refractivity contribution < 1.29 is 4.74 Å². The lowest BCUT2D eigenvalue weighted by Crippen LogP contribution is -1.99. The summed E-state index contributed by atoms with van der Waals surface area (Å²) in [4.78, 5) is 4.07. The second-order valence-corrected chi connectivity index (χ2v) is 6.01. The summed E-state index contributed by atoms with van der Waals surface area (Å²) in [6, 6.07) is 7.87. The van der Waals surface area contributed by atoms with Gasteiger partial charge in [-0.1, -0.05) is 37.3 Å². The van der Waals surface area contributed by atoms with E-state index < -0.39 is 0 Å². The van der Waals surface area contributed by atoms with E-state index in [-0.39, 0.29) is 0 Å². The van der Waals surface area contributed by atoms with Gasteiger partial charge in [0.2, 0.25) is 0 Å². The summed E-state index contributed by atoms with van der Waals surface area (Å²) < 4.78 is 7.82. The van der Waals surface area contributed by atoms with Crippen LogP contribution in [0.5, 0.6) is 5.75 Å². The SMILES string of the molecule is CC(C)c1nnc(COc2ccccc2-n2ccnc2)s1. The molecule has 3 aromatic rings. The molecule has 6 heteroatoms. The van der Waals surface area contributed by atoms with Crippen molar-refractivity contribution in [3.05, 3.63) is 53.0 Å². The number of para-hydroxylation sites is 2. The van der Waals surface area contributed by atoms with Crippen molar-refractivity contribution in [2.75, 3.05) is 0 Å². The van der Waals surface area contributed by atoms with Crippen LogP contribution in [-0.2, 0) is 6.61 Å². The van der Waals surface area contributed by atoms with Crippen LogP contribution in [0.2, 0.25) is 0 Å². The molecule has 1 aromatic carbocycles. The van der Waals surface area contributed by atoms with Crippen LogP contribution in [0, 0.1) is 0 Å². The molecule has 0 aliphatic carbocycles. The zero-order valence-corrected chi connectivity index (χ0v) is 12.7. The molecule has 5 nitrogen and oxygen atoms in total. The number of imidazole rings is 1. The van der Waals surface area contributed by atoms with Crippen molar-refractivity contribution in [1.29, 1.82) is 0 Å². The zero-order chi connectivity index (χ0) is 14.7. The first-order valence-electron chi connectivity index (χ1n) is 6.76. The van der Waals surface area contributed by atoms with Gasteiger partial charge < -0.3 is 9.30 Å². The summed E-state index contributed by atoms with van der Waals surface area (Å²) in [7, 11) is 0. The number of aromatic nitrogens is 4. The van der Waals surface area contributed by atoms with Crippen LogP contribution in [0.4, 0.5) is 0 Å². The number of rotatable bonds is 5. The van der Waals surface area contributed by atoms with Crippen LogP contribution in [0.15, 0.2) is 43.0 Å². The standard InChI is InChI=1S/C15H16N4OS/c1-11(2)15-18-17-14(21-15)9-20-13-6-4-3-5-12(13)19-8-7-16-10-19/h3-8,10-11H,9H2,1-2H3. The van der Waals surface area contributed by atoms with E-state index in [1.807, 2.05) is 35.0 Å². The number of hydrogen-bond acceptors (Lipinski definition) is 5. The van der Waals surface area contributed by atoms with Crippen molar-refractivity contribution in [3.63, 3.8) is 0 Å². The summed E-state index contributed by atoms with van der Waals surface area (Å²) in [5, 5.41) is 10.3. The third kappa shape index (κ3) is 3.11. The Morgan fingerprint density at radius 2 is 2.10 bits per heavy atom. The van der Waals surface area contributed by atoms with Gasteiger partial charge in [-0.25, -0.2) is 4.98 Å². The Morgan fingerprint density at radius 1 is 1.24 bits per heavy atom. The molecule has 0 spiro atoms. The Kier molecular flexibility index (Phi) is 3.96. The van der Waals surface area contributed by atoms with Gasteiger partial charge in [-0.3, -0.25) is 0 Å². The topological polar surface area (TPSA) is 52.8 Å². The van der Waals surface area contributed by atoms with Gasteiger partial charge in [0.05, 0.1) is 12.0 Å². The molecule has 3 rings (SSSR count). The van der Waals surface area contributed by atoms with Crippen molar-refractivity contribution >= 4 is 11.3 Å². The van der Waals surface area contributed by atoms with Crippen LogP contribution >= 0.6 is 11.3 Å². The average molecular weight is 300 g/mol. The third-order valence-corrected chi connectivity index (χ3v) is 4.17. The molecule has 0 radical (unpaired) electrons. The van der Waals surface area contributed by atoms with E-state index >= 15 is 0 Å². The smallest absolute Gasteiger partial charge is 0.155 e. The van der Waals surface area contributed by atoms with E-state index in [1.54, 1.807) is 23.9 Å². The van der Waals surface area contributed by atoms with E-state index in [0.717, 1.165) is 21.5 Å². The number of hydrogen-bond donors (Lipinski definition) is 0. The number of nitrogens with zero attached hydrogens (tertiary/aromatic N) is 4. The molecule has 0 atom stereocenters.